The Balaban J connectivity index is 1.85. The average molecular weight is 264 g/mol. The minimum Gasteiger partial charge on any atom is -0.310 e. The van der Waals surface area contributed by atoms with E-state index in [-0.39, 0.29) is 11.9 Å². The monoisotopic (exact) mass is 264 g/mol. The van der Waals surface area contributed by atoms with E-state index < -0.39 is 0 Å². The van der Waals surface area contributed by atoms with Gasteiger partial charge in [0.05, 0.1) is 11.2 Å². The molecule has 0 radical (unpaired) electrons. The summed E-state index contributed by atoms with van der Waals surface area (Å²) >= 11 is 1.69. The van der Waals surface area contributed by atoms with Gasteiger partial charge < -0.3 is 5.32 Å². The van der Waals surface area contributed by atoms with Gasteiger partial charge in [-0.3, -0.25) is 0 Å². The van der Waals surface area contributed by atoms with Crippen molar-refractivity contribution in [3.05, 3.63) is 51.7 Å². The molecule has 0 spiro atoms. The minimum atomic E-state index is -0.181. The molecule has 96 valence electrons. The van der Waals surface area contributed by atoms with E-state index in [0.29, 0.717) is 0 Å². The van der Waals surface area contributed by atoms with Crippen molar-refractivity contribution in [2.24, 2.45) is 0 Å². The first-order chi connectivity index (χ1) is 8.66. The van der Waals surface area contributed by atoms with E-state index in [4.69, 9.17) is 0 Å². The molecule has 2 nitrogen and oxygen atoms in total. The van der Waals surface area contributed by atoms with E-state index in [9.17, 15) is 4.39 Å². The second kappa shape index (κ2) is 6.07. The zero-order valence-corrected chi connectivity index (χ0v) is 11.4. The van der Waals surface area contributed by atoms with Gasteiger partial charge in [0.15, 0.2) is 0 Å². The Morgan fingerprint density at radius 1 is 1.44 bits per heavy atom. The molecular formula is C14H17FN2S. The van der Waals surface area contributed by atoms with Crippen molar-refractivity contribution in [2.45, 2.75) is 26.3 Å². The van der Waals surface area contributed by atoms with Gasteiger partial charge in [-0.05, 0) is 38.0 Å². The Hall–Kier alpha value is -1.26. The zero-order valence-electron chi connectivity index (χ0n) is 10.6. The third kappa shape index (κ3) is 3.37. The predicted molar refractivity (Wildman–Crippen MR) is 73.4 cm³/mol. The van der Waals surface area contributed by atoms with Crippen LogP contribution in [0.3, 0.4) is 0 Å². The fraction of sp³-hybridized carbons (Fsp3) is 0.357. The molecule has 0 saturated carbocycles. The second-order valence-corrected chi connectivity index (χ2v) is 5.28. The lowest BCUT2D eigenvalue weighted by Crippen LogP contribution is -2.21. The number of aryl methyl sites for hydroxylation is 1. The topological polar surface area (TPSA) is 24.9 Å². The summed E-state index contributed by atoms with van der Waals surface area (Å²) < 4.78 is 13.1. The van der Waals surface area contributed by atoms with Crippen LogP contribution in [-0.4, -0.2) is 11.5 Å². The molecule has 2 aromatic rings. The van der Waals surface area contributed by atoms with Gasteiger partial charge in [0.2, 0.25) is 0 Å². The number of thiazole rings is 1. The highest BCUT2D eigenvalue weighted by Gasteiger charge is 2.06. The van der Waals surface area contributed by atoms with E-state index in [1.54, 1.807) is 23.5 Å². The van der Waals surface area contributed by atoms with Gasteiger partial charge in [-0.1, -0.05) is 12.1 Å². The maximum Gasteiger partial charge on any atom is 0.123 e. The summed E-state index contributed by atoms with van der Waals surface area (Å²) in [5.74, 6) is -0.181. The van der Waals surface area contributed by atoms with Crippen molar-refractivity contribution < 1.29 is 4.39 Å². The molecule has 1 aromatic heterocycles. The SMILES string of the molecule is Cc1ncsc1CCN[C@H](C)c1cccc(F)c1. The predicted octanol–water partition coefficient (Wildman–Crippen LogP) is 3.48. The molecule has 0 aliphatic rings. The summed E-state index contributed by atoms with van der Waals surface area (Å²) in [4.78, 5) is 5.54. The van der Waals surface area contributed by atoms with Crippen LogP contribution in [0.1, 0.15) is 29.1 Å². The lowest BCUT2D eigenvalue weighted by Gasteiger charge is -2.14. The van der Waals surface area contributed by atoms with Crippen LogP contribution < -0.4 is 5.32 Å². The molecule has 1 heterocycles. The van der Waals surface area contributed by atoms with Crippen molar-refractivity contribution in [1.29, 1.82) is 0 Å². The van der Waals surface area contributed by atoms with Crippen molar-refractivity contribution in [2.75, 3.05) is 6.54 Å². The first-order valence-electron chi connectivity index (χ1n) is 6.04. The number of hydrogen-bond donors (Lipinski definition) is 1. The number of halogens is 1. The number of rotatable bonds is 5. The largest absolute Gasteiger partial charge is 0.310 e. The van der Waals surface area contributed by atoms with Crippen LogP contribution in [0.5, 0.6) is 0 Å². The van der Waals surface area contributed by atoms with Crippen molar-refractivity contribution in [3.63, 3.8) is 0 Å². The van der Waals surface area contributed by atoms with E-state index in [0.717, 1.165) is 24.2 Å². The number of nitrogens with one attached hydrogen (secondary N) is 1. The summed E-state index contributed by atoms with van der Waals surface area (Å²) in [6.45, 7) is 4.96. The summed E-state index contributed by atoms with van der Waals surface area (Å²) in [6, 6.07) is 6.90. The molecule has 0 aliphatic heterocycles. The molecule has 0 amide bonds. The fourth-order valence-corrected chi connectivity index (χ4v) is 2.64. The van der Waals surface area contributed by atoms with Crippen LogP contribution in [0, 0.1) is 12.7 Å². The smallest absolute Gasteiger partial charge is 0.123 e. The maximum absolute atomic E-state index is 13.1. The summed E-state index contributed by atoms with van der Waals surface area (Å²) in [7, 11) is 0. The summed E-state index contributed by atoms with van der Waals surface area (Å²) in [5.41, 5.74) is 3.97. The van der Waals surface area contributed by atoms with Gasteiger partial charge in [-0.15, -0.1) is 11.3 Å². The van der Waals surface area contributed by atoms with Crippen LogP contribution in [0.25, 0.3) is 0 Å². The maximum atomic E-state index is 13.1. The van der Waals surface area contributed by atoms with E-state index >= 15 is 0 Å². The quantitative estimate of drug-likeness (QED) is 0.894. The zero-order chi connectivity index (χ0) is 13.0. The normalized spacial score (nSPS) is 12.6. The second-order valence-electron chi connectivity index (χ2n) is 4.34. The Labute approximate surface area is 111 Å². The summed E-state index contributed by atoms with van der Waals surface area (Å²) in [5, 5.41) is 3.40. The van der Waals surface area contributed by atoms with Crippen LogP contribution in [0.2, 0.25) is 0 Å². The lowest BCUT2D eigenvalue weighted by atomic mass is 10.1. The van der Waals surface area contributed by atoms with Gasteiger partial charge in [0.25, 0.3) is 0 Å². The third-order valence-electron chi connectivity index (χ3n) is 3.00. The highest BCUT2D eigenvalue weighted by atomic mass is 32.1. The standard InChI is InChI=1S/C14H17FN2S/c1-10(12-4-3-5-13(15)8-12)16-7-6-14-11(2)17-9-18-14/h3-5,8-10,16H,6-7H2,1-2H3/t10-/m1/s1. The van der Waals surface area contributed by atoms with Gasteiger partial charge in [0.1, 0.15) is 5.82 Å². The Kier molecular flexibility index (Phi) is 4.44. The first kappa shape index (κ1) is 13.2. The number of nitrogens with zero attached hydrogens (tertiary/aromatic N) is 1. The van der Waals surface area contributed by atoms with Gasteiger partial charge >= 0.3 is 0 Å². The van der Waals surface area contributed by atoms with E-state index in [1.165, 1.54) is 10.9 Å². The third-order valence-corrected chi connectivity index (χ3v) is 3.99. The number of aromatic nitrogens is 1. The molecule has 0 unspecified atom stereocenters. The Bertz CT molecular complexity index is 510. The van der Waals surface area contributed by atoms with Crippen LogP contribution in [0.4, 0.5) is 4.39 Å². The van der Waals surface area contributed by atoms with Crippen LogP contribution in [-0.2, 0) is 6.42 Å². The van der Waals surface area contributed by atoms with E-state index in [2.05, 4.69) is 10.3 Å². The van der Waals surface area contributed by atoms with Crippen molar-refractivity contribution in [1.82, 2.24) is 10.3 Å². The molecule has 0 bridgehead atoms. The Morgan fingerprint density at radius 3 is 2.94 bits per heavy atom. The van der Waals surface area contributed by atoms with Crippen molar-refractivity contribution in [3.8, 4) is 0 Å². The average Bonchev–Trinajstić information content (AvgIpc) is 2.75. The van der Waals surface area contributed by atoms with Crippen molar-refractivity contribution >= 4 is 11.3 Å². The molecule has 18 heavy (non-hydrogen) atoms. The minimum absolute atomic E-state index is 0.161. The number of hydrogen-bond acceptors (Lipinski definition) is 3. The van der Waals surface area contributed by atoms with Gasteiger partial charge in [-0.25, -0.2) is 9.37 Å². The van der Waals surface area contributed by atoms with Crippen LogP contribution >= 0.6 is 11.3 Å². The van der Waals surface area contributed by atoms with E-state index in [1.807, 2.05) is 25.4 Å². The van der Waals surface area contributed by atoms with Crippen LogP contribution in [0.15, 0.2) is 29.8 Å². The molecular weight excluding hydrogens is 247 g/mol. The summed E-state index contributed by atoms with van der Waals surface area (Å²) in [6.07, 6.45) is 0.968. The molecule has 2 rings (SSSR count). The molecule has 1 N–H and O–H groups in total. The van der Waals surface area contributed by atoms with Gasteiger partial charge in [-0.2, -0.15) is 0 Å². The molecule has 4 heteroatoms. The molecule has 0 saturated heterocycles. The number of benzene rings is 1. The lowest BCUT2D eigenvalue weighted by molar-refractivity contribution is 0.568. The highest BCUT2D eigenvalue weighted by molar-refractivity contribution is 7.09. The molecule has 1 atom stereocenters. The molecule has 0 fully saturated rings. The highest BCUT2D eigenvalue weighted by Crippen LogP contribution is 2.15. The van der Waals surface area contributed by atoms with Gasteiger partial charge in [0, 0.05) is 17.5 Å². The molecule has 1 aromatic carbocycles. The molecule has 0 aliphatic carbocycles. The fourth-order valence-electron chi connectivity index (χ4n) is 1.86. The first-order valence-corrected chi connectivity index (χ1v) is 6.92. The Morgan fingerprint density at radius 2 is 2.28 bits per heavy atom.